The van der Waals surface area contributed by atoms with Crippen molar-refractivity contribution in [2.24, 2.45) is 0 Å². The Hall–Kier alpha value is -1.88. The van der Waals surface area contributed by atoms with Crippen LogP contribution in [-0.4, -0.2) is 18.1 Å². The maximum atomic E-state index is 11.2. The van der Waals surface area contributed by atoms with Gasteiger partial charge in [-0.3, -0.25) is 0 Å². The molecule has 4 nitrogen and oxygen atoms in total. The van der Waals surface area contributed by atoms with Crippen LogP contribution in [0.5, 0.6) is 0 Å². The molecule has 1 aromatic carbocycles. The molecule has 0 spiro atoms. The van der Waals surface area contributed by atoms with Crippen LogP contribution in [0.2, 0.25) is 0 Å². The first kappa shape index (κ1) is 10.6. The highest BCUT2D eigenvalue weighted by Crippen LogP contribution is 2.22. The molecule has 0 aliphatic rings. The molecule has 0 amide bonds. The molecule has 82 valence electrons. The van der Waals surface area contributed by atoms with E-state index in [-0.39, 0.29) is 5.97 Å². The molecule has 0 atom stereocenters. The van der Waals surface area contributed by atoms with Crippen molar-refractivity contribution in [3.63, 3.8) is 0 Å². The molecule has 2 aromatic rings. The third-order valence-corrected chi connectivity index (χ3v) is 2.81. The number of aromatic nitrogens is 1. The van der Waals surface area contributed by atoms with Gasteiger partial charge in [0.05, 0.1) is 13.3 Å². The molecule has 0 saturated heterocycles. The molecule has 1 N–H and O–H groups in total. The first-order valence-electron chi connectivity index (χ1n) is 4.66. The lowest BCUT2D eigenvalue weighted by molar-refractivity contribution is 0.0606. The van der Waals surface area contributed by atoms with Crippen molar-refractivity contribution < 1.29 is 9.53 Å². The molecule has 2 rings (SSSR count). The normalized spacial score (nSPS) is 9.81. The predicted molar refractivity (Wildman–Crippen MR) is 63.2 cm³/mol. The molecule has 0 radical (unpaired) electrons. The minimum atomic E-state index is -0.362. The van der Waals surface area contributed by atoms with Crippen LogP contribution in [0, 0.1) is 0 Å². The summed E-state index contributed by atoms with van der Waals surface area (Å²) < 4.78 is 4.60. The van der Waals surface area contributed by atoms with Gasteiger partial charge in [-0.15, -0.1) is 0 Å². The average Bonchev–Trinajstić information content (AvgIpc) is 2.78. The fourth-order valence-electron chi connectivity index (χ4n) is 1.17. The number of benzene rings is 1. The van der Waals surface area contributed by atoms with Crippen LogP contribution in [0.4, 0.5) is 10.8 Å². The number of hydrogen-bond donors (Lipinski definition) is 1. The largest absolute Gasteiger partial charge is 0.465 e. The number of thiazole rings is 1. The minimum Gasteiger partial charge on any atom is -0.465 e. The number of ether oxygens (including phenoxy) is 1. The summed E-state index contributed by atoms with van der Waals surface area (Å²) in [6, 6.07) is 9.65. The quantitative estimate of drug-likeness (QED) is 0.829. The van der Waals surface area contributed by atoms with E-state index in [0.29, 0.717) is 10.0 Å². The summed E-state index contributed by atoms with van der Waals surface area (Å²) in [6.07, 6.45) is 1.50. The van der Waals surface area contributed by atoms with Crippen LogP contribution in [0.15, 0.2) is 36.5 Å². The van der Waals surface area contributed by atoms with Gasteiger partial charge in [0, 0.05) is 5.69 Å². The molecule has 1 heterocycles. The summed E-state index contributed by atoms with van der Waals surface area (Å²) in [5.74, 6) is -0.362. The lowest BCUT2D eigenvalue weighted by Gasteiger charge is -2.00. The van der Waals surface area contributed by atoms with Gasteiger partial charge in [0.15, 0.2) is 5.13 Å². The maximum absolute atomic E-state index is 11.2. The molecule has 0 aliphatic heterocycles. The van der Waals surface area contributed by atoms with E-state index >= 15 is 0 Å². The standard InChI is InChI=1S/C11H10N2O2S/c1-15-10(14)9-7-12-11(16-9)13-8-5-3-2-4-6-8/h2-7H,1H3,(H,12,13). The number of esters is 1. The summed E-state index contributed by atoms with van der Waals surface area (Å²) in [6.45, 7) is 0. The van der Waals surface area contributed by atoms with Gasteiger partial charge < -0.3 is 10.1 Å². The summed E-state index contributed by atoms with van der Waals surface area (Å²) in [5.41, 5.74) is 0.938. The van der Waals surface area contributed by atoms with Gasteiger partial charge in [-0.05, 0) is 12.1 Å². The van der Waals surface area contributed by atoms with Crippen molar-refractivity contribution in [2.45, 2.75) is 0 Å². The summed E-state index contributed by atoms with van der Waals surface area (Å²) >= 11 is 1.26. The Morgan fingerprint density at radius 2 is 2.12 bits per heavy atom. The summed E-state index contributed by atoms with van der Waals surface area (Å²) in [7, 11) is 1.35. The number of carbonyl (C=O) groups excluding carboxylic acids is 1. The Balaban J connectivity index is 2.12. The first-order valence-corrected chi connectivity index (χ1v) is 5.47. The highest BCUT2D eigenvalue weighted by molar-refractivity contribution is 7.17. The summed E-state index contributed by atoms with van der Waals surface area (Å²) in [4.78, 5) is 15.8. The monoisotopic (exact) mass is 234 g/mol. The van der Waals surface area contributed by atoms with Crippen LogP contribution < -0.4 is 5.32 Å². The second-order valence-corrected chi connectivity index (χ2v) is 4.04. The molecule has 0 bridgehead atoms. The molecule has 1 aromatic heterocycles. The number of carbonyl (C=O) groups is 1. The molecule has 0 unspecified atom stereocenters. The van der Waals surface area contributed by atoms with Crippen LogP contribution >= 0.6 is 11.3 Å². The number of rotatable bonds is 3. The number of para-hydroxylation sites is 1. The van der Waals surface area contributed by atoms with E-state index in [2.05, 4.69) is 15.0 Å². The lowest BCUT2D eigenvalue weighted by Crippen LogP contribution is -1.96. The van der Waals surface area contributed by atoms with E-state index in [1.165, 1.54) is 24.6 Å². The fourth-order valence-corrected chi connectivity index (χ4v) is 1.93. The van der Waals surface area contributed by atoms with Crippen molar-refractivity contribution in [1.29, 1.82) is 0 Å². The van der Waals surface area contributed by atoms with Gasteiger partial charge >= 0.3 is 5.97 Å². The summed E-state index contributed by atoms with van der Waals surface area (Å²) in [5, 5.41) is 3.78. The van der Waals surface area contributed by atoms with Crippen molar-refractivity contribution in [3.8, 4) is 0 Å². The molecule has 16 heavy (non-hydrogen) atoms. The van der Waals surface area contributed by atoms with E-state index < -0.39 is 0 Å². The molecule has 0 fully saturated rings. The first-order chi connectivity index (χ1) is 7.79. The van der Waals surface area contributed by atoms with E-state index in [4.69, 9.17) is 0 Å². The predicted octanol–water partition coefficient (Wildman–Crippen LogP) is 2.67. The van der Waals surface area contributed by atoms with Crippen molar-refractivity contribution in [3.05, 3.63) is 41.4 Å². The van der Waals surface area contributed by atoms with E-state index in [0.717, 1.165) is 5.69 Å². The van der Waals surface area contributed by atoms with Crippen molar-refractivity contribution in [2.75, 3.05) is 12.4 Å². The zero-order valence-electron chi connectivity index (χ0n) is 8.64. The number of methoxy groups -OCH3 is 1. The minimum absolute atomic E-state index is 0.362. The van der Waals surface area contributed by atoms with Gasteiger partial charge in [0.25, 0.3) is 0 Å². The van der Waals surface area contributed by atoms with Crippen LogP contribution in [0.25, 0.3) is 0 Å². The number of hydrogen-bond acceptors (Lipinski definition) is 5. The fraction of sp³-hybridized carbons (Fsp3) is 0.0909. The Kier molecular flexibility index (Phi) is 3.16. The Morgan fingerprint density at radius 1 is 1.38 bits per heavy atom. The highest BCUT2D eigenvalue weighted by Gasteiger charge is 2.10. The van der Waals surface area contributed by atoms with E-state index in [9.17, 15) is 4.79 Å². The molecular weight excluding hydrogens is 224 g/mol. The number of nitrogens with one attached hydrogen (secondary N) is 1. The van der Waals surface area contributed by atoms with Crippen LogP contribution in [-0.2, 0) is 4.74 Å². The van der Waals surface area contributed by atoms with Crippen molar-refractivity contribution >= 4 is 28.1 Å². The van der Waals surface area contributed by atoms with Gasteiger partial charge in [-0.25, -0.2) is 9.78 Å². The van der Waals surface area contributed by atoms with Gasteiger partial charge in [0.2, 0.25) is 0 Å². The van der Waals surface area contributed by atoms with Gasteiger partial charge in [-0.1, -0.05) is 29.5 Å². The zero-order chi connectivity index (χ0) is 11.4. The molecule has 0 saturated carbocycles. The van der Waals surface area contributed by atoms with Gasteiger partial charge in [0.1, 0.15) is 4.88 Å². The zero-order valence-corrected chi connectivity index (χ0v) is 9.45. The molecular formula is C11H10N2O2S. The van der Waals surface area contributed by atoms with Crippen molar-refractivity contribution in [1.82, 2.24) is 4.98 Å². The molecule has 5 heteroatoms. The highest BCUT2D eigenvalue weighted by atomic mass is 32.1. The Morgan fingerprint density at radius 3 is 2.81 bits per heavy atom. The molecule has 0 aliphatic carbocycles. The van der Waals surface area contributed by atoms with E-state index in [1.807, 2.05) is 30.3 Å². The topological polar surface area (TPSA) is 51.2 Å². The number of nitrogens with zero attached hydrogens (tertiary/aromatic N) is 1. The maximum Gasteiger partial charge on any atom is 0.349 e. The van der Waals surface area contributed by atoms with Crippen LogP contribution in [0.1, 0.15) is 9.67 Å². The van der Waals surface area contributed by atoms with Gasteiger partial charge in [-0.2, -0.15) is 0 Å². The average molecular weight is 234 g/mol. The third kappa shape index (κ3) is 2.38. The van der Waals surface area contributed by atoms with E-state index in [1.54, 1.807) is 0 Å². The van der Waals surface area contributed by atoms with Crippen LogP contribution in [0.3, 0.4) is 0 Å². The second kappa shape index (κ2) is 4.76. The Bertz CT molecular complexity index is 482. The second-order valence-electron chi connectivity index (χ2n) is 3.01. The SMILES string of the molecule is COC(=O)c1cnc(Nc2ccccc2)s1. The third-order valence-electron chi connectivity index (χ3n) is 1.92. The smallest absolute Gasteiger partial charge is 0.349 e. The number of anilines is 2. The Labute approximate surface area is 96.9 Å². The lowest BCUT2D eigenvalue weighted by atomic mass is 10.3.